The first-order valence-corrected chi connectivity index (χ1v) is 9.93. The van der Waals surface area contributed by atoms with E-state index in [2.05, 4.69) is 21.4 Å². The Labute approximate surface area is 174 Å². The highest BCUT2D eigenvalue weighted by Crippen LogP contribution is 2.41. The molecule has 0 fully saturated rings. The molecule has 0 amide bonds. The molecule has 0 saturated carbocycles. The number of halogens is 4. The van der Waals surface area contributed by atoms with Crippen LogP contribution in [0.5, 0.6) is 0 Å². The summed E-state index contributed by atoms with van der Waals surface area (Å²) < 4.78 is 40.5. The Kier molecular flexibility index (Phi) is 4.96. The van der Waals surface area contributed by atoms with Crippen LogP contribution in [0.4, 0.5) is 24.7 Å². The number of aryl methyl sites for hydroxylation is 2. The fourth-order valence-electron chi connectivity index (χ4n) is 3.27. The zero-order chi connectivity index (χ0) is 20.8. The van der Waals surface area contributed by atoms with Gasteiger partial charge < -0.3 is 5.32 Å². The predicted octanol–water partition coefficient (Wildman–Crippen LogP) is 7.39. The molecule has 2 aromatic carbocycles. The summed E-state index contributed by atoms with van der Waals surface area (Å²) in [6.45, 7) is 4.02. The molecule has 4 rings (SSSR count). The quantitative estimate of drug-likeness (QED) is 0.366. The summed E-state index contributed by atoms with van der Waals surface area (Å²) in [7, 11) is 0. The number of hydrogen-bond donors (Lipinski definition) is 1. The van der Waals surface area contributed by atoms with Crippen molar-refractivity contribution < 1.29 is 13.2 Å². The van der Waals surface area contributed by atoms with Crippen LogP contribution in [0.3, 0.4) is 0 Å². The van der Waals surface area contributed by atoms with E-state index in [9.17, 15) is 13.2 Å². The lowest BCUT2D eigenvalue weighted by molar-refractivity contribution is -0.136. The third-order valence-electron chi connectivity index (χ3n) is 4.58. The van der Waals surface area contributed by atoms with Crippen molar-refractivity contribution >= 4 is 44.7 Å². The Morgan fingerprint density at radius 3 is 2.52 bits per heavy atom. The minimum atomic E-state index is -4.55. The van der Waals surface area contributed by atoms with Crippen LogP contribution in [0.15, 0.2) is 48.1 Å². The van der Waals surface area contributed by atoms with E-state index in [1.54, 1.807) is 0 Å². The number of benzene rings is 2. The van der Waals surface area contributed by atoms with E-state index in [4.69, 9.17) is 11.6 Å². The number of aromatic nitrogens is 2. The van der Waals surface area contributed by atoms with Gasteiger partial charge in [-0.3, -0.25) is 0 Å². The summed E-state index contributed by atoms with van der Waals surface area (Å²) in [5.74, 6) is 0.319. The lowest BCUT2D eigenvalue weighted by atomic mass is 9.99. The maximum Gasteiger partial charge on any atom is 0.418 e. The molecule has 0 aliphatic carbocycles. The lowest BCUT2D eigenvalue weighted by Gasteiger charge is -2.15. The van der Waals surface area contributed by atoms with Crippen molar-refractivity contribution in [1.82, 2.24) is 9.97 Å². The van der Waals surface area contributed by atoms with Crippen LogP contribution in [0, 0.1) is 13.8 Å². The van der Waals surface area contributed by atoms with E-state index in [0.29, 0.717) is 16.0 Å². The molecule has 2 heterocycles. The zero-order valence-electron chi connectivity index (χ0n) is 15.4. The Balaban J connectivity index is 1.88. The van der Waals surface area contributed by atoms with E-state index < -0.39 is 11.7 Å². The molecule has 0 aliphatic heterocycles. The van der Waals surface area contributed by atoms with Gasteiger partial charge in [0.05, 0.1) is 16.6 Å². The SMILES string of the molecule is Cc1ccc(-c2csc3ncnc(Nc4ccc(Cl)cc4C(F)(F)F)c23)c(C)c1. The minimum Gasteiger partial charge on any atom is -0.339 e. The summed E-state index contributed by atoms with van der Waals surface area (Å²) in [5.41, 5.74) is 3.12. The maximum absolute atomic E-state index is 13.5. The van der Waals surface area contributed by atoms with E-state index in [0.717, 1.165) is 28.3 Å². The average Bonchev–Trinajstić information content (AvgIpc) is 3.07. The van der Waals surface area contributed by atoms with Crippen LogP contribution in [-0.4, -0.2) is 9.97 Å². The van der Waals surface area contributed by atoms with Crippen LogP contribution in [0.1, 0.15) is 16.7 Å². The molecular formula is C21H15ClF3N3S. The number of rotatable bonds is 3. The molecule has 0 radical (unpaired) electrons. The van der Waals surface area contributed by atoms with Crippen LogP contribution in [-0.2, 0) is 6.18 Å². The van der Waals surface area contributed by atoms with Crippen molar-refractivity contribution in [2.75, 3.05) is 5.32 Å². The number of nitrogens with one attached hydrogen (secondary N) is 1. The van der Waals surface area contributed by atoms with E-state index in [1.807, 2.05) is 31.4 Å². The van der Waals surface area contributed by atoms with Crippen molar-refractivity contribution in [3.05, 3.63) is 69.8 Å². The molecular weight excluding hydrogens is 419 g/mol. The zero-order valence-corrected chi connectivity index (χ0v) is 17.0. The number of alkyl halides is 3. The normalized spacial score (nSPS) is 11.8. The maximum atomic E-state index is 13.5. The summed E-state index contributed by atoms with van der Waals surface area (Å²) in [6, 6.07) is 9.70. The van der Waals surface area contributed by atoms with Crippen molar-refractivity contribution in [3.8, 4) is 11.1 Å². The topological polar surface area (TPSA) is 37.8 Å². The molecule has 0 bridgehead atoms. The van der Waals surface area contributed by atoms with Crippen molar-refractivity contribution in [2.24, 2.45) is 0 Å². The molecule has 0 atom stereocenters. The first-order valence-electron chi connectivity index (χ1n) is 8.67. The van der Waals surface area contributed by atoms with Gasteiger partial charge >= 0.3 is 6.18 Å². The number of nitrogens with zero attached hydrogens (tertiary/aromatic N) is 2. The van der Waals surface area contributed by atoms with Gasteiger partial charge in [-0.1, -0.05) is 35.4 Å². The molecule has 148 valence electrons. The second-order valence-corrected chi connectivity index (χ2v) is 7.98. The van der Waals surface area contributed by atoms with Gasteiger partial charge in [-0.25, -0.2) is 9.97 Å². The standard InChI is InChI=1S/C21H15ClF3N3S/c1-11-3-5-14(12(2)7-11)15-9-29-20-18(15)19(26-10-27-20)28-17-6-4-13(22)8-16(17)21(23,24)25/h3-10H,1-2H3,(H,26,27,28). The van der Waals surface area contributed by atoms with Crippen molar-refractivity contribution in [3.63, 3.8) is 0 Å². The van der Waals surface area contributed by atoms with E-state index in [-0.39, 0.29) is 10.7 Å². The number of hydrogen-bond acceptors (Lipinski definition) is 4. The van der Waals surface area contributed by atoms with E-state index >= 15 is 0 Å². The highest BCUT2D eigenvalue weighted by Gasteiger charge is 2.34. The predicted molar refractivity (Wildman–Crippen MR) is 112 cm³/mol. The van der Waals surface area contributed by atoms with Gasteiger partial charge in [0.2, 0.25) is 0 Å². The monoisotopic (exact) mass is 433 g/mol. The number of fused-ring (bicyclic) bond motifs is 1. The molecule has 4 aromatic rings. The number of thiophene rings is 1. The highest BCUT2D eigenvalue weighted by atomic mass is 35.5. The summed E-state index contributed by atoms with van der Waals surface area (Å²) in [6.07, 6.45) is -3.21. The van der Waals surface area contributed by atoms with Gasteiger partial charge in [-0.2, -0.15) is 13.2 Å². The van der Waals surface area contributed by atoms with Crippen molar-refractivity contribution in [2.45, 2.75) is 20.0 Å². The second kappa shape index (κ2) is 7.31. The minimum absolute atomic E-state index is 0.0159. The molecule has 0 spiro atoms. The molecule has 1 N–H and O–H groups in total. The van der Waals surface area contributed by atoms with Gasteiger partial charge in [0.1, 0.15) is 17.0 Å². The first kappa shape index (κ1) is 19.7. The van der Waals surface area contributed by atoms with E-state index in [1.165, 1.54) is 29.8 Å². The smallest absolute Gasteiger partial charge is 0.339 e. The number of anilines is 2. The van der Waals surface area contributed by atoms with Crippen molar-refractivity contribution in [1.29, 1.82) is 0 Å². The average molecular weight is 434 g/mol. The third-order valence-corrected chi connectivity index (χ3v) is 5.70. The summed E-state index contributed by atoms with van der Waals surface area (Å²) >= 11 is 7.21. The summed E-state index contributed by atoms with van der Waals surface area (Å²) in [5, 5.41) is 5.51. The largest absolute Gasteiger partial charge is 0.418 e. The van der Waals surface area contributed by atoms with Crippen LogP contribution in [0.2, 0.25) is 5.02 Å². The fraction of sp³-hybridized carbons (Fsp3) is 0.143. The van der Waals surface area contributed by atoms with Gasteiger partial charge in [-0.05, 0) is 43.2 Å². The van der Waals surface area contributed by atoms with Gasteiger partial charge in [0.25, 0.3) is 0 Å². The van der Waals surface area contributed by atoms with Gasteiger partial charge in [0.15, 0.2) is 0 Å². The highest BCUT2D eigenvalue weighted by molar-refractivity contribution is 7.17. The Morgan fingerprint density at radius 1 is 1.00 bits per heavy atom. The fourth-order valence-corrected chi connectivity index (χ4v) is 4.35. The third kappa shape index (κ3) is 3.80. The lowest BCUT2D eigenvalue weighted by Crippen LogP contribution is -2.09. The van der Waals surface area contributed by atoms with Crippen LogP contribution >= 0.6 is 22.9 Å². The van der Waals surface area contributed by atoms with Crippen LogP contribution < -0.4 is 5.32 Å². The molecule has 3 nitrogen and oxygen atoms in total. The molecule has 8 heteroatoms. The second-order valence-electron chi connectivity index (χ2n) is 6.68. The Bertz CT molecular complexity index is 1220. The molecule has 2 aromatic heterocycles. The summed E-state index contributed by atoms with van der Waals surface area (Å²) in [4.78, 5) is 9.22. The molecule has 29 heavy (non-hydrogen) atoms. The molecule has 0 unspecified atom stereocenters. The molecule has 0 aliphatic rings. The Morgan fingerprint density at radius 2 is 1.79 bits per heavy atom. The first-order chi connectivity index (χ1) is 13.7. The van der Waals surface area contributed by atoms with Crippen LogP contribution in [0.25, 0.3) is 21.3 Å². The van der Waals surface area contributed by atoms with Gasteiger partial charge in [0, 0.05) is 16.0 Å². The Hall–Kier alpha value is -2.64. The molecule has 0 saturated heterocycles. The van der Waals surface area contributed by atoms with Gasteiger partial charge in [-0.15, -0.1) is 11.3 Å².